The molecule has 1 aromatic carbocycles. The van der Waals surface area contributed by atoms with Crippen LogP contribution in [-0.4, -0.2) is 13.2 Å². The van der Waals surface area contributed by atoms with Crippen LogP contribution < -0.4 is 5.73 Å². The molecule has 2 nitrogen and oxygen atoms in total. The summed E-state index contributed by atoms with van der Waals surface area (Å²) in [5.74, 6) is 0.919. The average Bonchev–Trinajstić information content (AvgIpc) is 2.26. The quantitative estimate of drug-likeness (QED) is 0.781. The molecular formula is C16H25NO. The number of hydrogen-bond donors (Lipinski definition) is 1. The van der Waals surface area contributed by atoms with Crippen LogP contribution in [0.3, 0.4) is 0 Å². The van der Waals surface area contributed by atoms with Gasteiger partial charge in [-0.05, 0) is 37.3 Å². The monoisotopic (exact) mass is 247 g/mol. The number of rotatable bonds is 6. The van der Waals surface area contributed by atoms with Crippen LogP contribution in [0.15, 0.2) is 18.2 Å². The Balaban J connectivity index is 1.74. The van der Waals surface area contributed by atoms with Gasteiger partial charge in [0.15, 0.2) is 0 Å². The fourth-order valence-corrected chi connectivity index (χ4v) is 2.57. The number of benzene rings is 1. The summed E-state index contributed by atoms with van der Waals surface area (Å²) in [6.07, 6.45) is 5.41. The topological polar surface area (TPSA) is 35.2 Å². The molecule has 1 aromatic rings. The van der Waals surface area contributed by atoms with E-state index in [2.05, 4.69) is 32.0 Å². The summed E-state index contributed by atoms with van der Waals surface area (Å²) in [6, 6.07) is 6.44. The number of ether oxygens (including phenoxy) is 1. The Morgan fingerprint density at radius 1 is 1.33 bits per heavy atom. The fraction of sp³-hybridized carbons (Fsp3) is 0.625. The Morgan fingerprint density at radius 3 is 2.72 bits per heavy atom. The van der Waals surface area contributed by atoms with Crippen molar-refractivity contribution in [1.29, 1.82) is 0 Å². The van der Waals surface area contributed by atoms with Gasteiger partial charge in [-0.2, -0.15) is 0 Å². The van der Waals surface area contributed by atoms with Gasteiger partial charge in [0, 0.05) is 6.61 Å². The van der Waals surface area contributed by atoms with Crippen LogP contribution >= 0.6 is 0 Å². The normalized spacial score (nSPS) is 17.5. The van der Waals surface area contributed by atoms with Crippen LogP contribution in [0.4, 0.5) is 0 Å². The van der Waals surface area contributed by atoms with Crippen LogP contribution in [0, 0.1) is 19.8 Å². The maximum atomic E-state index is 6.18. The summed E-state index contributed by atoms with van der Waals surface area (Å²) in [5.41, 5.74) is 9.95. The molecule has 18 heavy (non-hydrogen) atoms. The lowest BCUT2D eigenvalue weighted by molar-refractivity contribution is 0.0961. The highest BCUT2D eigenvalue weighted by molar-refractivity contribution is 5.32. The van der Waals surface area contributed by atoms with Crippen LogP contribution in [0.2, 0.25) is 0 Å². The molecule has 1 atom stereocenters. The predicted molar refractivity (Wildman–Crippen MR) is 75.6 cm³/mol. The van der Waals surface area contributed by atoms with Crippen LogP contribution in [0.25, 0.3) is 0 Å². The molecule has 2 heteroatoms. The molecule has 1 aliphatic carbocycles. The maximum Gasteiger partial charge on any atom is 0.0659 e. The van der Waals surface area contributed by atoms with E-state index in [1.54, 1.807) is 0 Å². The van der Waals surface area contributed by atoms with Gasteiger partial charge in [-0.1, -0.05) is 43.0 Å². The standard InChI is InChI=1S/C16H25NO/c1-12-6-7-15(13(2)10-12)16(17)11-18-9-8-14-4-3-5-14/h6-7,10,14,16H,3-5,8-9,11,17H2,1-2H3. The Morgan fingerprint density at radius 2 is 2.11 bits per heavy atom. The molecule has 1 fully saturated rings. The zero-order valence-corrected chi connectivity index (χ0v) is 11.6. The Bertz CT molecular complexity index is 385. The third-order valence-electron chi connectivity index (χ3n) is 4.02. The second kappa shape index (κ2) is 6.35. The number of aryl methyl sites for hydroxylation is 2. The summed E-state index contributed by atoms with van der Waals surface area (Å²) in [6.45, 7) is 5.73. The van der Waals surface area contributed by atoms with Gasteiger partial charge in [0.05, 0.1) is 12.6 Å². The lowest BCUT2D eigenvalue weighted by Gasteiger charge is -2.25. The van der Waals surface area contributed by atoms with Gasteiger partial charge in [-0.15, -0.1) is 0 Å². The first-order valence-corrected chi connectivity index (χ1v) is 7.07. The molecule has 1 unspecified atom stereocenters. The fourth-order valence-electron chi connectivity index (χ4n) is 2.57. The molecule has 0 amide bonds. The number of nitrogens with two attached hydrogens (primary N) is 1. The van der Waals surface area contributed by atoms with Gasteiger partial charge in [0.2, 0.25) is 0 Å². The van der Waals surface area contributed by atoms with E-state index < -0.39 is 0 Å². The first kappa shape index (κ1) is 13.6. The molecule has 2 N–H and O–H groups in total. The molecule has 0 spiro atoms. The first-order chi connectivity index (χ1) is 8.66. The maximum absolute atomic E-state index is 6.18. The molecule has 0 heterocycles. The summed E-state index contributed by atoms with van der Waals surface area (Å²) >= 11 is 0. The van der Waals surface area contributed by atoms with E-state index in [9.17, 15) is 0 Å². The minimum atomic E-state index is 0.00647. The molecule has 100 valence electrons. The van der Waals surface area contributed by atoms with Gasteiger partial charge in [0.1, 0.15) is 0 Å². The van der Waals surface area contributed by atoms with E-state index in [4.69, 9.17) is 10.5 Å². The minimum Gasteiger partial charge on any atom is -0.379 e. The van der Waals surface area contributed by atoms with E-state index in [1.165, 1.54) is 42.4 Å². The smallest absolute Gasteiger partial charge is 0.0659 e. The van der Waals surface area contributed by atoms with Crippen molar-refractivity contribution < 1.29 is 4.74 Å². The molecule has 0 radical (unpaired) electrons. The summed E-state index contributed by atoms with van der Waals surface area (Å²) in [4.78, 5) is 0. The lowest BCUT2D eigenvalue weighted by atomic mass is 9.83. The SMILES string of the molecule is Cc1ccc(C(N)COCCC2CCC2)c(C)c1. The lowest BCUT2D eigenvalue weighted by Crippen LogP contribution is -2.20. The highest BCUT2D eigenvalue weighted by atomic mass is 16.5. The molecule has 2 rings (SSSR count). The number of hydrogen-bond acceptors (Lipinski definition) is 2. The van der Waals surface area contributed by atoms with Gasteiger partial charge in [-0.3, -0.25) is 0 Å². The zero-order valence-electron chi connectivity index (χ0n) is 11.6. The van der Waals surface area contributed by atoms with Crippen molar-refractivity contribution in [2.24, 2.45) is 11.7 Å². The van der Waals surface area contributed by atoms with Crippen molar-refractivity contribution in [2.45, 2.75) is 45.6 Å². The Hall–Kier alpha value is -0.860. The Labute approximate surface area is 111 Å². The van der Waals surface area contributed by atoms with Gasteiger partial charge < -0.3 is 10.5 Å². The molecule has 0 saturated heterocycles. The van der Waals surface area contributed by atoms with Crippen molar-refractivity contribution in [2.75, 3.05) is 13.2 Å². The van der Waals surface area contributed by atoms with Gasteiger partial charge in [-0.25, -0.2) is 0 Å². The zero-order chi connectivity index (χ0) is 13.0. The molecular weight excluding hydrogens is 222 g/mol. The highest BCUT2D eigenvalue weighted by Crippen LogP contribution is 2.29. The first-order valence-electron chi connectivity index (χ1n) is 7.07. The third kappa shape index (κ3) is 3.56. The largest absolute Gasteiger partial charge is 0.379 e. The second-order valence-corrected chi connectivity index (χ2v) is 5.63. The van der Waals surface area contributed by atoms with Gasteiger partial charge in [0.25, 0.3) is 0 Å². The van der Waals surface area contributed by atoms with Crippen molar-refractivity contribution in [3.8, 4) is 0 Å². The van der Waals surface area contributed by atoms with Crippen molar-refractivity contribution in [3.05, 3.63) is 34.9 Å². The van der Waals surface area contributed by atoms with E-state index in [0.29, 0.717) is 6.61 Å². The van der Waals surface area contributed by atoms with E-state index >= 15 is 0 Å². The molecule has 0 bridgehead atoms. The van der Waals surface area contributed by atoms with Crippen LogP contribution in [0.1, 0.15) is 48.4 Å². The average molecular weight is 247 g/mol. The molecule has 0 aromatic heterocycles. The molecule has 1 aliphatic rings. The third-order valence-corrected chi connectivity index (χ3v) is 4.02. The van der Waals surface area contributed by atoms with Crippen molar-refractivity contribution in [1.82, 2.24) is 0 Å². The summed E-state index contributed by atoms with van der Waals surface area (Å²) < 4.78 is 5.72. The van der Waals surface area contributed by atoms with Crippen molar-refractivity contribution in [3.63, 3.8) is 0 Å². The highest BCUT2D eigenvalue weighted by Gasteiger charge is 2.17. The van der Waals surface area contributed by atoms with Crippen LogP contribution in [0.5, 0.6) is 0 Å². The van der Waals surface area contributed by atoms with E-state index in [-0.39, 0.29) is 6.04 Å². The second-order valence-electron chi connectivity index (χ2n) is 5.63. The van der Waals surface area contributed by atoms with E-state index in [0.717, 1.165) is 12.5 Å². The molecule has 1 saturated carbocycles. The predicted octanol–water partition coefficient (Wildman–Crippen LogP) is 3.51. The summed E-state index contributed by atoms with van der Waals surface area (Å²) in [7, 11) is 0. The summed E-state index contributed by atoms with van der Waals surface area (Å²) in [5, 5.41) is 0. The molecule has 0 aliphatic heterocycles. The van der Waals surface area contributed by atoms with E-state index in [1.807, 2.05) is 0 Å². The minimum absolute atomic E-state index is 0.00647. The Kier molecular flexibility index (Phi) is 4.79. The van der Waals surface area contributed by atoms with Crippen LogP contribution in [-0.2, 0) is 4.74 Å². The van der Waals surface area contributed by atoms with Crippen molar-refractivity contribution >= 4 is 0 Å². The van der Waals surface area contributed by atoms with Gasteiger partial charge >= 0.3 is 0 Å².